The van der Waals surface area contributed by atoms with Crippen LogP contribution in [0.5, 0.6) is 0 Å². The maximum absolute atomic E-state index is 13.1. The average Bonchev–Trinajstić information content (AvgIpc) is 2.90. The van der Waals surface area contributed by atoms with Crippen molar-refractivity contribution in [2.75, 3.05) is 7.05 Å². The number of nitrogens with one attached hydrogen (secondary N) is 1. The number of nitrogens with zero attached hydrogens (tertiary/aromatic N) is 1. The molecule has 1 atom stereocenters. The van der Waals surface area contributed by atoms with Crippen LogP contribution in [0.3, 0.4) is 0 Å². The van der Waals surface area contributed by atoms with Crippen molar-refractivity contribution in [1.29, 1.82) is 0 Å². The summed E-state index contributed by atoms with van der Waals surface area (Å²) in [5, 5.41) is 8.45. The number of hydroxylamine groups is 1. The van der Waals surface area contributed by atoms with E-state index in [1.807, 2.05) is 18.1 Å². The van der Waals surface area contributed by atoms with E-state index in [2.05, 4.69) is 0 Å². The number of benzene rings is 1. The maximum Gasteiger partial charge on any atom is 0.267 e. The largest absolute Gasteiger partial charge is 0.373 e. The minimum Gasteiger partial charge on any atom is -0.373 e. The zero-order valence-electron chi connectivity index (χ0n) is 12.6. The molecular formula is C17H17FN2O3. The number of likely N-dealkylation sites (N-methyl/N-ethyl adjacent to an activating group) is 1. The first kappa shape index (κ1) is 16.6. The quantitative estimate of drug-likeness (QED) is 0.378. The van der Waals surface area contributed by atoms with Gasteiger partial charge in [-0.15, -0.1) is 0 Å². The van der Waals surface area contributed by atoms with E-state index in [4.69, 9.17) is 5.21 Å². The third-order valence-corrected chi connectivity index (χ3v) is 3.48. The Kier molecular flexibility index (Phi) is 5.43. The molecule has 0 aromatic heterocycles. The Labute approximate surface area is 133 Å². The molecule has 0 saturated heterocycles. The summed E-state index contributed by atoms with van der Waals surface area (Å²) in [5.41, 5.74) is 2.74. The van der Waals surface area contributed by atoms with Crippen molar-refractivity contribution >= 4 is 11.7 Å². The van der Waals surface area contributed by atoms with Crippen LogP contribution in [-0.2, 0) is 4.79 Å². The van der Waals surface area contributed by atoms with Crippen molar-refractivity contribution in [3.63, 3.8) is 0 Å². The van der Waals surface area contributed by atoms with Gasteiger partial charge in [0.15, 0.2) is 5.78 Å². The number of hydrogen-bond donors (Lipinski definition) is 2. The zero-order chi connectivity index (χ0) is 16.8. The van der Waals surface area contributed by atoms with Gasteiger partial charge < -0.3 is 4.90 Å². The lowest BCUT2D eigenvalue weighted by atomic mass is 10.1. The van der Waals surface area contributed by atoms with E-state index in [9.17, 15) is 14.0 Å². The molecule has 0 fully saturated rings. The van der Waals surface area contributed by atoms with E-state index in [0.29, 0.717) is 12.0 Å². The number of carbonyl (C=O) groups excluding carboxylic acids is 2. The molecule has 5 nitrogen and oxygen atoms in total. The first-order valence-corrected chi connectivity index (χ1v) is 7.02. The molecule has 1 unspecified atom stereocenters. The van der Waals surface area contributed by atoms with Gasteiger partial charge in [0.05, 0.1) is 6.04 Å². The summed E-state index contributed by atoms with van der Waals surface area (Å²) in [6.45, 7) is 0. The second-order valence-electron chi connectivity index (χ2n) is 5.18. The van der Waals surface area contributed by atoms with Crippen molar-refractivity contribution < 1.29 is 19.2 Å². The first-order valence-electron chi connectivity index (χ1n) is 7.02. The molecule has 0 radical (unpaired) electrons. The fraction of sp³-hybridized carbons (Fsp3) is 0.176. The van der Waals surface area contributed by atoms with Crippen LogP contribution in [0.1, 0.15) is 16.8 Å². The van der Waals surface area contributed by atoms with Crippen molar-refractivity contribution in [3.05, 3.63) is 71.7 Å². The summed E-state index contributed by atoms with van der Waals surface area (Å²) in [7, 11) is 1.85. The summed E-state index contributed by atoms with van der Waals surface area (Å²) >= 11 is 0. The zero-order valence-corrected chi connectivity index (χ0v) is 12.6. The molecule has 6 heteroatoms. The minimum absolute atomic E-state index is 0.0313. The summed E-state index contributed by atoms with van der Waals surface area (Å²) in [6, 6.07) is 5.50. The van der Waals surface area contributed by atoms with E-state index in [1.54, 1.807) is 18.2 Å². The van der Waals surface area contributed by atoms with E-state index >= 15 is 0 Å². The molecule has 1 aliphatic heterocycles. The number of hydrogen-bond acceptors (Lipinski definition) is 4. The molecule has 0 spiro atoms. The fourth-order valence-corrected chi connectivity index (χ4v) is 2.27. The second kappa shape index (κ2) is 7.51. The minimum atomic E-state index is -0.594. The van der Waals surface area contributed by atoms with Crippen molar-refractivity contribution in [3.8, 4) is 0 Å². The number of allylic oxidation sites excluding steroid dienone is 2. The number of amides is 1. The van der Waals surface area contributed by atoms with Crippen LogP contribution >= 0.6 is 0 Å². The van der Waals surface area contributed by atoms with Crippen molar-refractivity contribution in [2.24, 2.45) is 0 Å². The molecule has 0 bridgehead atoms. The van der Waals surface area contributed by atoms with E-state index in [-0.39, 0.29) is 11.8 Å². The van der Waals surface area contributed by atoms with Crippen LogP contribution in [0.25, 0.3) is 0 Å². The molecule has 2 rings (SSSR count). The Morgan fingerprint density at radius 2 is 2.17 bits per heavy atom. The number of halogens is 1. The number of rotatable bonds is 5. The summed E-state index contributed by atoms with van der Waals surface area (Å²) in [5.74, 6) is -1.31. The van der Waals surface area contributed by atoms with Crippen molar-refractivity contribution in [1.82, 2.24) is 10.4 Å². The molecule has 1 aliphatic rings. The topological polar surface area (TPSA) is 69.6 Å². The van der Waals surface area contributed by atoms with Gasteiger partial charge in [0, 0.05) is 24.9 Å². The van der Waals surface area contributed by atoms with E-state index in [1.165, 1.54) is 35.8 Å². The Morgan fingerprint density at radius 3 is 2.87 bits per heavy atom. The summed E-state index contributed by atoms with van der Waals surface area (Å²) in [6.07, 6.45) is 8.49. The lowest BCUT2D eigenvalue weighted by Crippen LogP contribution is -2.21. The predicted octanol–water partition coefficient (Wildman–Crippen LogP) is 2.21. The molecule has 2 N–H and O–H groups in total. The lowest BCUT2D eigenvalue weighted by molar-refractivity contribution is -0.124. The molecule has 1 amide bonds. The highest BCUT2D eigenvalue weighted by atomic mass is 19.1. The third-order valence-electron chi connectivity index (χ3n) is 3.48. The van der Waals surface area contributed by atoms with Crippen LogP contribution in [0.2, 0.25) is 0 Å². The Morgan fingerprint density at radius 1 is 1.39 bits per heavy atom. The van der Waals surface area contributed by atoms with Crippen LogP contribution in [0.15, 0.2) is 60.3 Å². The van der Waals surface area contributed by atoms with Gasteiger partial charge in [-0.05, 0) is 30.2 Å². The van der Waals surface area contributed by atoms with E-state index < -0.39 is 11.7 Å². The molecule has 1 aromatic rings. The molecule has 23 heavy (non-hydrogen) atoms. The van der Waals surface area contributed by atoms with Crippen LogP contribution in [-0.4, -0.2) is 34.9 Å². The number of carbonyl (C=O) groups is 2. The van der Waals surface area contributed by atoms with Gasteiger partial charge in [-0.2, -0.15) is 0 Å². The molecule has 1 heterocycles. The lowest BCUT2D eigenvalue weighted by Gasteiger charge is -2.16. The summed E-state index contributed by atoms with van der Waals surface area (Å²) < 4.78 is 13.1. The summed E-state index contributed by atoms with van der Waals surface area (Å²) in [4.78, 5) is 24.9. The maximum atomic E-state index is 13.1. The van der Waals surface area contributed by atoms with E-state index in [0.717, 1.165) is 5.57 Å². The standard InChI is InChI=1S/C17H17FN2O3/c1-20-11-12(9-15(20)6-8-17(22)19-23)5-7-16(21)13-3-2-4-14(18)10-13/h2-8,10-11,15,23H,9H2,1H3,(H,19,22)/b7-5+,8-6+. The Balaban J connectivity index is 1.98. The van der Waals surface area contributed by atoms with Gasteiger partial charge in [-0.3, -0.25) is 14.8 Å². The second-order valence-corrected chi connectivity index (χ2v) is 5.18. The Bertz CT molecular complexity index is 695. The average molecular weight is 316 g/mol. The smallest absolute Gasteiger partial charge is 0.267 e. The van der Waals surface area contributed by atoms with Crippen LogP contribution in [0.4, 0.5) is 4.39 Å². The van der Waals surface area contributed by atoms with Crippen LogP contribution in [0, 0.1) is 5.82 Å². The van der Waals surface area contributed by atoms with Crippen molar-refractivity contribution in [2.45, 2.75) is 12.5 Å². The Hall–Kier alpha value is -2.73. The molecule has 1 aromatic carbocycles. The highest BCUT2D eigenvalue weighted by Crippen LogP contribution is 2.22. The van der Waals surface area contributed by atoms with Gasteiger partial charge >= 0.3 is 0 Å². The molecular weight excluding hydrogens is 299 g/mol. The monoisotopic (exact) mass is 316 g/mol. The number of ketones is 1. The van der Waals surface area contributed by atoms with Gasteiger partial charge in [-0.1, -0.05) is 24.3 Å². The van der Waals surface area contributed by atoms with Gasteiger partial charge in [0.2, 0.25) is 0 Å². The first-order chi connectivity index (χ1) is 11.0. The molecule has 120 valence electrons. The highest BCUT2D eigenvalue weighted by molar-refractivity contribution is 6.04. The normalized spacial score (nSPS) is 17.8. The molecule has 0 saturated carbocycles. The fourth-order valence-electron chi connectivity index (χ4n) is 2.27. The molecule has 0 aliphatic carbocycles. The predicted molar refractivity (Wildman–Crippen MR) is 83.2 cm³/mol. The SMILES string of the molecule is CN1C=C(/C=C/C(=O)c2cccc(F)c2)CC1/C=C/C(=O)NO. The van der Waals surface area contributed by atoms with Crippen LogP contribution < -0.4 is 5.48 Å². The highest BCUT2D eigenvalue weighted by Gasteiger charge is 2.18. The van der Waals surface area contributed by atoms with Gasteiger partial charge in [-0.25, -0.2) is 9.87 Å². The van der Waals surface area contributed by atoms with Gasteiger partial charge in [0.1, 0.15) is 5.82 Å². The van der Waals surface area contributed by atoms with Gasteiger partial charge in [0.25, 0.3) is 5.91 Å². The third kappa shape index (κ3) is 4.62.